The summed E-state index contributed by atoms with van der Waals surface area (Å²) in [6.45, 7) is -0.529. The molecule has 6 nitrogen and oxygen atoms in total. The second kappa shape index (κ2) is 7.58. The number of nitrogens with zero attached hydrogens (tertiary/aromatic N) is 1. The fraction of sp³-hybridized carbons (Fsp3) is 0.200. The van der Waals surface area contributed by atoms with Crippen molar-refractivity contribution in [2.24, 2.45) is 0 Å². The molecule has 1 N–H and O–H groups in total. The van der Waals surface area contributed by atoms with Gasteiger partial charge in [0, 0.05) is 12.1 Å². The van der Waals surface area contributed by atoms with Gasteiger partial charge < -0.3 is 14.6 Å². The van der Waals surface area contributed by atoms with Gasteiger partial charge in [0.05, 0.1) is 22.1 Å². The van der Waals surface area contributed by atoms with Crippen LogP contribution in [0.2, 0.25) is 5.02 Å². The first-order valence-electron chi connectivity index (χ1n) is 6.79. The summed E-state index contributed by atoms with van der Waals surface area (Å²) in [4.78, 5) is 10.3. The molecular formula is C15H11ClF3NO5. The van der Waals surface area contributed by atoms with Gasteiger partial charge in [0.25, 0.3) is 0 Å². The zero-order valence-electron chi connectivity index (χ0n) is 12.4. The predicted molar refractivity (Wildman–Crippen MR) is 82.2 cm³/mol. The molecule has 25 heavy (non-hydrogen) atoms. The molecular weight excluding hydrogens is 367 g/mol. The van der Waals surface area contributed by atoms with Gasteiger partial charge in [-0.15, -0.1) is 0 Å². The Kier molecular flexibility index (Phi) is 5.70. The fourth-order valence-electron chi connectivity index (χ4n) is 1.87. The quantitative estimate of drug-likeness (QED) is 0.595. The van der Waals surface area contributed by atoms with E-state index in [0.29, 0.717) is 6.07 Å². The molecule has 0 unspecified atom stereocenters. The van der Waals surface area contributed by atoms with Crippen molar-refractivity contribution in [2.45, 2.75) is 6.18 Å². The Morgan fingerprint density at radius 2 is 1.88 bits per heavy atom. The van der Waals surface area contributed by atoms with Crippen molar-refractivity contribution in [3.8, 4) is 17.2 Å². The first-order chi connectivity index (χ1) is 11.7. The van der Waals surface area contributed by atoms with Gasteiger partial charge in [-0.3, -0.25) is 10.1 Å². The Morgan fingerprint density at radius 1 is 1.16 bits per heavy atom. The van der Waals surface area contributed by atoms with Crippen LogP contribution < -0.4 is 9.47 Å². The number of nitro groups is 1. The van der Waals surface area contributed by atoms with Gasteiger partial charge in [0.1, 0.15) is 18.1 Å². The SMILES string of the molecule is O=[N+]([O-])c1ccc(Oc2ccc(C(F)(F)F)cc2Cl)cc1OCCO. The second-order valence-electron chi connectivity index (χ2n) is 4.70. The van der Waals surface area contributed by atoms with Crippen LogP contribution in [-0.2, 0) is 6.18 Å². The van der Waals surface area contributed by atoms with Gasteiger partial charge in [-0.1, -0.05) is 11.6 Å². The molecule has 0 radical (unpaired) electrons. The lowest BCUT2D eigenvalue weighted by molar-refractivity contribution is -0.385. The fourth-order valence-corrected chi connectivity index (χ4v) is 2.09. The van der Waals surface area contributed by atoms with Crippen molar-refractivity contribution in [1.82, 2.24) is 0 Å². The summed E-state index contributed by atoms with van der Waals surface area (Å²) in [5.41, 5.74) is -1.28. The molecule has 0 aliphatic rings. The van der Waals surface area contributed by atoms with E-state index in [-0.39, 0.29) is 41.2 Å². The van der Waals surface area contributed by atoms with Crippen molar-refractivity contribution < 1.29 is 32.7 Å². The Balaban J connectivity index is 2.29. The number of aliphatic hydroxyl groups excluding tert-OH is 1. The molecule has 2 aromatic carbocycles. The largest absolute Gasteiger partial charge is 0.484 e. The third-order valence-corrected chi connectivity index (χ3v) is 3.26. The van der Waals surface area contributed by atoms with Crippen molar-refractivity contribution in [3.63, 3.8) is 0 Å². The summed E-state index contributed by atoms with van der Waals surface area (Å²) in [6, 6.07) is 6.10. The number of hydrogen-bond donors (Lipinski definition) is 1. The normalized spacial score (nSPS) is 11.2. The first kappa shape index (κ1) is 18.8. The maximum absolute atomic E-state index is 12.6. The molecule has 0 atom stereocenters. The van der Waals surface area contributed by atoms with E-state index < -0.39 is 16.7 Å². The minimum atomic E-state index is -4.54. The van der Waals surface area contributed by atoms with Crippen molar-refractivity contribution in [3.05, 3.63) is 57.1 Å². The summed E-state index contributed by atoms with van der Waals surface area (Å²) in [7, 11) is 0. The Hall–Kier alpha value is -2.52. The molecule has 2 rings (SSSR count). The van der Waals surface area contributed by atoms with E-state index in [1.807, 2.05) is 0 Å². The van der Waals surface area contributed by atoms with E-state index in [1.54, 1.807) is 0 Å². The molecule has 0 amide bonds. The molecule has 0 spiro atoms. The van der Waals surface area contributed by atoms with Crippen LogP contribution in [-0.4, -0.2) is 23.2 Å². The molecule has 0 aliphatic carbocycles. The number of aliphatic hydroxyl groups is 1. The van der Waals surface area contributed by atoms with Crippen molar-refractivity contribution >= 4 is 17.3 Å². The number of benzene rings is 2. The highest BCUT2D eigenvalue weighted by atomic mass is 35.5. The third kappa shape index (κ3) is 4.74. The topological polar surface area (TPSA) is 81.8 Å². The summed E-state index contributed by atoms with van der Waals surface area (Å²) in [5, 5.41) is 19.4. The molecule has 0 saturated heterocycles. The highest BCUT2D eigenvalue weighted by Crippen LogP contribution is 2.38. The zero-order chi connectivity index (χ0) is 18.6. The van der Waals surface area contributed by atoms with Crippen LogP contribution in [0.5, 0.6) is 17.2 Å². The van der Waals surface area contributed by atoms with Gasteiger partial charge in [-0.25, -0.2) is 0 Å². The number of alkyl halides is 3. The Labute approximate surface area is 144 Å². The van der Waals surface area contributed by atoms with Crippen LogP contribution >= 0.6 is 11.6 Å². The third-order valence-electron chi connectivity index (χ3n) is 2.96. The summed E-state index contributed by atoms with van der Waals surface area (Å²) < 4.78 is 48.3. The van der Waals surface area contributed by atoms with Crippen LogP contribution in [0, 0.1) is 10.1 Å². The lowest BCUT2D eigenvalue weighted by Crippen LogP contribution is -2.05. The van der Waals surface area contributed by atoms with E-state index in [9.17, 15) is 23.3 Å². The van der Waals surface area contributed by atoms with Gasteiger partial charge in [0.2, 0.25) is 5.75 Å². The number of rotatable bonds is 6. The molecule has 0 aromatic heterocycles. The summed E-state index contributed by atoms with van der Waals surface area (Å²) in [5.74, 6) is -0.142. The standard InChI is InChI=1S/C15H11ClF3NO5/c16-11-7-9(15(17,18)19)1-4-13(11)25-10-2-3-12(20(22)23)14(8-10)24-6-5-21/h1-4,7-8,21H,5-6H2. The van der Waals surface area contributed by atoms with E-state index in [1.165, 1.54) is 12.1 Å². The number of hydrogen-bond acceptors (Lipinski definition) is 5. The molecule has 134 valence electrons. The van der Waals surface area contributed by atoms with Crippen molar-refractivity contribution in [2.75, 3.05) is 13.2 Å². The second-order valence-corrected chi connectivity index (χ2v) is 5.11. The molecule has 10 heteroatoms. The van der Waals surface area contributed by atoms with E-state index >= 15 is 0 Å². The average Bonchev–Trinajstić information content (AvgIpc) is 2.53. The number of halogens is 4. The maximum Gasteiger partial charge on any atom is 0.416 e. The van der Waals surface area contributed by atoms with Crippen LogP contribution in [0.4, 0.5) is 18.9 Å². The lowest BCUT2D eigenvalue weighted by Gasteiger charge is -2.12. The van der Waals surface area contributed by atoms with Gasteiger partial charge >= 0.3 is 11.9 Å². The smallest absolute Gasteiger partial charge is 0.416 e. The highest BCUT2D eigenvalue weighted by Gasteiger charge is 2.31. The number of nitro benzene ring substituents is 1. The zero-order valence-corrected chi connectivity index (χ0v) is 13.2. The van der Waals surface area contributed by atoms with Crippen LogP contribution in [0.25, 0.3) is 0 Å². The average molecular weight is 378 g/mol. The summed E-state index contributed by atoms with van der Waals surface area (Å²) >= 11 is 5.79. The van der Waals surface area contributed by atoms with E-state index in [0.717, 1.165) is 18.2 Å². The van der Waals surface area contributed by atoms with Gasteiger partial charge in [0.15, 0.2) is 0 Å². The predicted octanol–water partition coefficient (Wildman–Crippen LogP) is 4.43. The summed E-state index contributed by atoms with van der Waals surface area (Å²) in [6.07, 6.45) is -4.54. The van der Waals surface area contributed by atoms with Crippen LogP contribution in [0.1, 0.15) is 5.56 Å². The molecule has 0 saturated carbocycles. The van der Waals surface area contributed by atoms with Gasteiger partial charge in [-0.2, -0.15) is 13.2 Å². The van der Waals surface area contributed by atoms with Crippen LogP contribution in [0.3, 0.4) is 0 Å². The molecule has 2 aromatic rings. The first-order valence-corrected chi connectivity index (χ1v) is 7.17. The van der Waals surface area contributed by atoms with Crippen molar-refractivity contribution in [1.29, 1.82) is 0 Å². The molecule has 0 heterocycles. The minimum Gasteiger partial charge on any atom is -0.484 e. The lowest BCUT2D eigenvalue weighted by atomic mass is 10.2. The Morgan fingerprint density at radius 3 is 2.44 bits per heavy atom. The highest BCUT2D eigenvalue weighted by molar-refractivity contribution is 6.32. The monoisotopic (exact) mass is 377 g/mol. The Bertz CT molecular complexity index is 782. The maximum atomic E-state index is 12.6. The van der Waals surface area contributed by atoms with E-state index in [2.05, 4.69) is 0 Å². The van der Waals surface area contributed by atoms with E-state index in [4.69, 9.17) is 26.2 Å². The molecule has 0 bridgehead atoms. The van der Waals surface area contributed by atoms with Gasteiger partial charge in [-0.05, 0) is 24.3 Å². The molecule has 0 aliphatic heterocycles. The number of ether oxygens (including phenoxy) is 2. The van der Waals surface area contributed by atoms with Crippen LogP contribution in [0.15, 0.2) is 36.4 Å². The molecule has 0 fully saturated rings. The minimum absolute atomic E-state index is 0.0587.